The molecule has 2 rings (SSSR count). The quantitative estimate of drug-likeness (QED) is 0.697. The van der Waals surface area contributed by atoms with E-state index in [4.69, 9.17) is 11.6 Å². The molecule has 13 heavy (non-hydrogen) atoms. The predicted molar refractivity (Wildman–Crippen MR) is 44.1 cm³/mol. The zero-order valence-corrected chi connectivity index (χ0v) is 7.11. The van der Waals surface area contributed by atoms with Crippen molar-refractivity contribution >= 4 is 11.6 Å². The summed E-state index contributed by atoms with van der Waals surface area (Å²) < 4.78 is 14.3. The van der Waals surface area contributed by atoms with E-state index in [2.05, 4.69) is 15.5 Å². The maximum absolute atomic E-state index is 13.0. The molecule has 66 valence electrons. The monoisotopic (exact) mass is 198 g/mol. The Hall–Kier alpha value is -1.49. The maximum atomic E-state index is 13.0. The first kappa shape index (κ1) is 8.12. The van der Waals surface area contributed by atoms with Gasteiger partial charge in [-0.1, -0.05) is 17.7 Å². The first-order valence-corrected chi connectivity index (χ1v) is 3.84. The van der Waals surface area contributed by atoms with Gasteiger partial charge in [-0.25, -0.2) is 4.39 Å². The van der Waals surface area contributed by atoms with Gasteiger partial charge in [0.15, 0.2) is 0 Å². The van der Waals surface area contributed by atoms with Gasteiger partial charge >= 0.3 is 0 Å². The lowest BCUT2D eigenvalue weighted by atomic mass is 10.3. The third-order valence-corrected chi connectivity index (χ3v) is 1.90. The fourth-order valence-electron chi connectivity index (χ4n) is 0.941. The average Bonchev–Trinajstić information content (AvgIpc) is 2.62. The van der Waals surface area contributed by atoms with Crippen LogP contribution in [0.5, 0.6) is 0 Å². The van der Waals surface area contributed by atoms with Crippen LogP contribution in [0.1, 0.15) is 0 Å². The lowest BCUT2D eigenvalue weighted by Gasteiger charge is -2.01. The zero-order valence-electron chi connectivity index (χ0n) is 6.35. The molecule has 1 heterocycles. The van der Waals surface area contributed by atoms with Crippen LogP contribution >= 0.6 is 11.6 Å². The summed E-state index contributed by atoms with van der Waals surface area (Å²) in [6.07, 6.45) is 1.35. The number of aromatic nitrogens is 4. The molecular weight excluding hydrogens is 195 g/mol. The van der Waals surface area contributed by atoms with E-state index in [-0.39, 0.29) is 5.02 Å². The van der Waals surface area contributed by atoms with Gasteiger partial charge in [-0.15, -0.1) is 5.10 Å². The fourth-order valence-corrected chi connectivity index (χ4v) is 1.15. The molecule has 0 N–H and O–H groups in total. The molecule has 0 fully saturated rings. The standard InChI is InChI=1S/C7H4ClFN4/c8-7-5(9)2-1-3-6(7)13-4-10-11-12-13/h1-4H. The largest absolute Gasteiger partial charge is 0.205 e. The van der Waals surface area contributed by atoms with Gasteiger partial charge in [0.05, 0.1) is 5.69 Å². The fraction of sp³-hybridized carbons (Fsp3) is 0. The summed E-state index contributed by atoms with van der Waals surface area (Å²) in [6.45, 7) is 0. The van der Waals surface area contributed by atoms with E-state index in [9.17, 15) is 4.39 Å². The van der Waals surface area contributed by atoms with Crippen LogP contribution in [0.4, 0.5) is 4.39 Å². The second kappa shape index (κ2) is 3.10. The van der Waals surface area contributed by atoms with Crippen LogP contribution in [-0.2, 0) is 0 Å². The van der Waals surface area contributed by atoms with Crippen molar-refractivity contribution in [2.75, 3.05) is 0 Å². The summed E-state index contributed by atoms with van der Waals surface area (Å²) in [6, 6.07) is 4.44. The van der Waals surface area contributed by atoms with E-state index >= 15 is 0 Å². The van der Waals surface area contributed by atoms with Crippen molar-refractivity contribution in [1.82, 2.24) is 20.2 Å². The first-order chi connectivity index (χ1) is 6.29. The van der Waals surface area contributed by atoms with Crippen molar-refractivity contribution in [3.05, 3.63) is 35.4 Å². The smallest absolute Gasteiger partial charge is 0.143 e. The molecule has 0 aliphatic carbocycles. The lowest BCUT2D eigenvalue weighted by molar-refractivity contribution is 0.625. The van der Waals surface area contributed by atoms with Gasteiger partial charge < -0.3 is 0 Å². The minimum atomic E-state index is -0.491. The third kappa shape index (κ3) is 1.38. The Morgan fingerprint density at radius 2 is 2.23 bits per heavy atom. The summed E-state index contributed by atoms with van der Waals surface area (Å²) in [5.41, 5.74) is 0.423. The molecule has 2 aromatic rings. The van der Waals surface area contributed by atoms with Crippen molar-refractivity contribution in [3.8, 4) is 5.69 Å². The second-order valence-electron chi connectivity index (χ2n) is 2.33. The van der Waals surface area contributed by atoms with Crippen LogP contribution in [-0.4, -0.2) is 20.2 Å². The van der Waals surface area contributed by atoms with E-state index in [1.165, 1.54) is 23.1 Å². The summed E-state index contributed by atoms with van der Waals surface area (Å²) >= 11 is 5.69. The Labute approximate surface area is 77.9 Å². The van der Waals surface area contributed by atoms with E-state index < -0.39 is 5.82 Å². The first-order valence-electron chi connectivity index (χ1n) is 3.46. The molecule has 4 nitrogen and oxygen atoms in total. The van der Waals surface area contributed by atoms with Gasteiger partial charge in [0.1, 0.15) is 17.2 Å². The highest BCUT2D eigenvalue weighted by atomic mass is 35.5. The Bertz CT molecular complexity index is 414. The van der Waals surface area contributed by atoms with Crippen molar-refractivity contribution in [2.45, 2.75) is 0 Å². The molecule has 0 spiro atoms. The molecule has 0 saturated heterocycles. The Morgan fingerprint density at radius 1 is 1.38 bits per heavy atom. The highest BCUT2D eigenvalue weighted by Gasteiger charge is 2.07. The molecule has 0 radical (unpaired) electrons. The second-order valence-corrected chi connectivity index (χ2v) is 2.71. The van der Waals surface area contributed by atoms with Gasteiger partial charge in [0, 0.05) is 0 Å². The molecule has 0 saturated carbocycles. The van der Waals surface area contributed by atoms with Crippen molar-refractivity contribution < 1.29 is 4.39 Å². The van der Waals surface area contributed by atoms with Crippen LogP contribution < -0.4 is 0 Å². The van der Waals surface area contributed by atoms with Gasteiger partial charge in [0.2, 0.25) is 0 Å². The SMILES string of the molecule is Fc1cccc(-n2cnnn2)c1Cl. The highest BCUT2D eigenvalue weighted by molar-refractivity contribution is 6.32. The molecule has 6 heteroatoms. The van der Waals surface area contributed by atoms with E-state index in [0.717, 1.165) is 0 Å². The van der Waals surface area contributed by atoms with Crippen LogP contribution in [0.2, 0.25) is 5.02 Å². The van der Waals surface area contributed by atoms with Crippen molar-refractivity contribution in [3.63, 3.8) is 0 Å². The van der Waals surface area contributed by atoms with Crippen LogP contribution in [0, 0.1) is 5.82 Å². The normalized spacial score (nSPS) is 10.3. The van der Waals surface area contributed by atoms with Crippen molar-refractivity contribution in [2.24, 2.45) is 0 Å². The summed E-state index contributed by atoms with van der Waals surface area (Å²) in [7, 11) is 0. The number of hydrogen-bond acceptors (Lipinski definition) is 3. The molecule has 0 unspecified atom stereocenters. The molecule has 0 bridgehead atoms. The molecule has 1 aromatic carbocycles. The Morgan fingerprint density at radius 3 is 2.92 bits per heavy atom. The lowest BCUT2D eigenvalue weighted by Crippen LogP contribution is -1.97. The molecule has 0 aliphatic heterocycles. The van der Waals surface area contributed by atoms with E-state index in [1.807, 2.05) is 0 Å². The van der Waals surface area contributed by atoms with Crippen LogP contribution in [0.3, 0.4) is 0 Å². The number of hydrogen-bond donors (Lipinski definition) is 0. The number of nitrogens with zero attached hydrogens (tertiary/aromatic N) is 4. The summed E-state index contributed by atoms with van der Waals surface area (Å²) in [4.78, 5) is 0. The summed E-state index contributed by atoms with van der Waals surface area (Å²) in [5.74, 6) is -0.491. The molecule has 0 atom stereocenters. The van der Waals surface area contributed by atoms with E-state index in [0.29, 0.717) is 5.69 Å². The third-order valence-electron chi connectivity index (χ3n) is 1.53. The maximum Gasteiger partial charge on any atom is 0.143 e. The Kier molecular flexibility index (Phi) is 1.94. The topological polar surface area (TPSA) is 43.6 Å². The van der Waals surface area contributed by atoms with Crippen LogP contribution in [0.15, 0.2) is 24.5 Å². The molecule has 1 aromatic heterocycles. The average molecular weight is 199 g/mol. The van der Waals surface area contributed by atoms with E-state index in [1.54, 1.807) is 6.07 Å². The Balaban J connectivity index is 2.59. The van der Waals surface area contributed by atoms with Crippen LogP contribution in [0.25, 0.3) is 5.69 Å². The minimum Gasteiger partial charge on any atom is -0.205 e. The molecule has 0 aliphatic rings. The number of tetrazole rings is 1. The summed E-state index contributed by atoms with van der Waals surface area (Å²) in [5, 5.41) is 10.4. The minimum absolute atomic E-state index is 0.00907. The van der Waals surface area contributed by atoms with Gasteiger partial charge in [0.25, 0.3) is 0 Å². The van der Waals surface area contributed by atoms with Crippen molar-refractivity contribution in [1.29, 1.82) is 0 Å². The molecular formula is C7H4ClFN4. The number of rotatable bonds is 1. The van der Waals surface area contributed by atoms with Gasteiger partial charge in [-0.2, -0.15) is 4.68 Å². The molecule has 0 amide bonds. The highest BCUT2D eigenvalue weighted by Crippen LogP contribution is 2.21. The van der Waals surface area contributed by atoms with Gasteiger partial charge in [-0.05, 0) is 22.6 Å². The number of benzene rings is 1. The van der Waals surface area contributed by atoms with Gasteiger partial charge in [-0.3, -0.25) is 0 Å². The zero-order chi connectivity index (χ0) is 9.26. The predicted octanol–water partition coefficient (Wildman–Crippen LogP) is 1.45. The number of halogens is 2.